The lowest BCUT2D eigenvalue weighted by Gasteiger charge is -2.51. The van der Waals surface area contributed by atoms with Crippen molar-refractivity contribution in [1.29, 1.82) is 0 Å². The Morgan fingerprint density at radius 1 is 1.08 bits per heavy atom. The number of unbranched alkanes of at least 4 members (excludes halogenated alkanes) is 1. The molecule has 198 valence electrons. The first-order valence-electron chi connectivity index (χ1n) is 12.9. The van der Waals surface area contributed by atoms with Crippen molar-refractivity contribution in [2.45, 2.75) is 50.7 Å². The van der Waals surface area contributed by atoms with Gasteiger partial charge in [0.2, 0.25) is 11.8 Å². The van der Waals surface area contributed by atoms with Gasteiger partial charge in [0.05, 0.1) is 6.61 Å². The van der Waals surface area contributed by atoms with Crippen LogP contribution in [0, 0.1) is 0 Å². The number of aliphatic hydroxyl groups is 1. The van der Waals surface area contributed by atoms with Crippen molar-refractivity contribution < 1.29 is 24.2 Å². The number of ether oxygens (including phenoxy) is 1. The van der Waals surface area contributed by atoms with Gasteiger partial charge >= 0.3 is 0 Å². The third kappa shape index (κ3) is 5.78. The van der Waals surface area contributed by atoms with Crippen molar-refractivity contribution in [2.75, 3.05) is 33.3 Å². The van der Waals surface area contributed by atoms with Gasteiger partial charge in [0.25, 0.3) is 5.91 Å². The summed E-state index contributed by atoms with van der Waals surface area (Å²) < 4.78 is 5.91. The molecule has 0 radical (unpaired) electrons. The first-order valence-corrected chi connectivity index (χ1v) is 12.9. The minimum absolute atomic E-state index is 0.140. The molecule has 0 saturated carbocycles. The maximum Gasteiger partial charge on any atom is 0.251 e. The van der Waals surface area contributed by atoms with Gasteiger partial charge in [-0.05, 0) is 61.2 Å². The highest BCUT2D eigenvalue weighted by Gasteiger charge is 2.53. The molecule has 2 heterocycles. The zero-order valence-corrected chi connectivity index (χ0v) is 21.5. The Kier molecular flexibility index (Phi) is 8.45. The van der Waals surface area contributed by atoms with E-state index < -0.39 is 11.6 Å². The summed E-state index contributed by atoms with van der Waals surface area (Å²) in [7, 11) is 1.60. The van der Waals surface area contributed by atoms with Crippen LogP contribution in [-0.4, -0.2) is 77.5 Å². The topological polar surface area (TPSA) is 111 Å². The molecule has 3 N–H and O–H groups in total. The van der Waals surface area contributed by atoms with Crippen molar-refractivity contribution >= 4 is 17.7 Å². The molecule has 1 unspecified atom stereocenters. The number of hydrogen-bond acceptors (Lipinski definition) is 6. The molecule has 2 aliphatic heterocycles. The highest BCUT2D eigenvalue weighted by atomic mass is 16.5. The molecule has 0 bridgehead atoms. The highest BCUT2D eigenvalue weighted by molar-refractivity contribution is 6.00. The molecular formula is C28H36N4O5. The van der Waals surface area contributed by atoms with Crippen LogP contribution in [0.5, 0.6) is 11.5 Å². The standard InChI is InChI=1S/C28H36N4O5/c1-3-4-15-32-26(35)24(19-33)30-27(36)28(32)13-16-31(17-14-28)18-20-5-9-22(10-6-20)37-23-11-7-21(8-12-23)25(34)29-2/h5-12,24,33H,3-4,13-19H2,1-2H3,(H,29,34)(H,30,36). The lowest BCUT2D eigenvalue weighted by molar-refractivity contribution is -0.162. The number of carbonyl (C=O) groups is 3. The molecule has 2 fully saturated rings. The van der Waals surface area contributed by atoms with E-state index in [1.54, 1.807) is 36.2 Å². The summed E-state index contributed by atoms with van der Waals surface area (Å²) in [6.07, 6.45) is 2.90. The van der Waals surface area contributed by atoms with Crippen LogP contribution >= 0.6 is 0 Å². The molecule has 9 heteroatoms. The Morgan fingerprint density at radius 2 is 1.70 bits per heavy atom. The largest absolute Gasteiger partial charge is 0.457 e. The molecule has 37 heavy (non-hydrogen) atoms. The van der Waals surface area contributed by atoms with Crippen LogP contribution in [0.4, 0.5) is 0 Å². The van der Waals surface area contributed by atoms with Gasteiger partial charge in [-0.15, -0.1) is 0 Å². The van der Waals surface area contributed by atoms with Gasteiger partial charge in [0.1, 0.15) is 23.1 Å². The number of hydrogen-bond donors (Lipinski definition) is 3. The van der Waals surface area contributed by atoms with Gasteiger partial charge in [-0.3, -0.25) is 19.3 Å². The van der Waals surface area contributed by atoms with Crippen LogP contribution in [0.15, 0.2) is 48.5 Å². The Labute approximate surface area is 217 Å². The van der Waals surface area contributed by atoms with Gasteiger partial charge in [0.15, 0.2) is 0 Å². The van der Waals surface area contributed by atoms with Gasteiger partial charge in [-0.2, -0.15) is 0 Å². The first kappa shape index (κ1) is 26.6. The Balaban J connectivity index is 1.35. The normalized spacial score (nSPS) is 19.5. The fraction of sp³-hybridized carbons (Fsp3) is 0.464. The maximum atomic E-state index is 13.1. The second-order valence-electron chi connectivity index (χ2n) is 9.71. The van der Waals surface area contributed by atoms with Crippen molar-refractivity contribution in [3.8, 4) is 11.5 Å². The Bertz CT molecular complexity index is 1090. The summed E-state index contributed by atoms with van der Waals surface area (Å²) in [5, 5.41) is 14.9. The van der Waals surface area contributed by atoms with Crippen LogP contribution in [0.1, 0.15) is 48.5 Å². The molecule has 1 atom stereocenters. The van der Waals surface area contributed by atoms with Gasteiger partial charge < -0.3 is 25.4 Å². The summed E-state index contributed by atoms with van der Waals surface area (Å²) in [6.45, 7) is 4.35. The van der Waals surface area contributed by atoms with E-state index in [1.807, 2.05) is 24.3 Å². The van der Waals surface area contributed by atoms with E-state index in [2.05, 4.69) is 22.5 Å². The van der Waals surface area contributed by atoms with Crippen LogP contribution in [0.3, 0.4) is 0 Å². The fourth-order valence-corrected chi connectivity index (χ4v) is 5.09. The zero-order valence-electron chi connectivity index (χ0n) is 21.5. The molecule has 0 aromatic heterocycles. The number of amides is 3. The summed E-state index contributed by atoms with van der Waals surface area (Å²) >= 11 is 0. The molecule has 2 saturated heterocycles. The van der Waals surface area contributed by atoms with Crippen molar-refractivity contribution in [1.82, 2.24) is 20.4 Å². The molecule has 2 aromatic rings. The number of nitrogens with one attached hydrogen (secondary N) is 2. The molecule has 2 aliphatic rings. The number of piperidine rings is 1. The number of nitrogens with zero attached hydrogens (tertiary/aromatic N) is 2. The summed E-state index contributed by atoms with van der Waals surface area (Å²) in [4.78, 5) is 41.8. The second kappa shape index (κ2) is 11.7. The van der Waals surface area contributed by atoms with Gasteiger partial charge in [-0.25, -0.2) is 0 Å². The van der Waals surface area contributed by atoms with Gasteiger partial charge in [0, 0.05) is 38.8 Å². The smallest absolute Gasteiger partial charge is 0.251 e. The first-order chi connectivity index (χ1) is 17.9. The lowest BCUT2D eigenvalue weighted by atomic mass is 9.81. The number of benzene rings is 2. The third-order valence-electron chi connectivity index (χ3n) is 7.32. The monoisotopic (exact) mass is 508 g/mol. The van der Waals surface area contributed by atoms with Gasteiger partial charge in [-0.1, -0.05) is 25.5 Å². The average Bonchev–Trinajstić information content (AvgIpc) is 2.93. The SMILES string of the molecule is CCCCN1C(=O)C(CO)NC(=O)C12CCN(Cc1ccc(Oc3ccc(C(=O)NC)cc3)cc1)CC2. The quantitative estimate of drug-likeness (QED) is 0.479. The molecular weight excluding hydrogens is 472 g/mol. The molecule has 9 nitrogen and oxygen atoms in total. The number of rotatable bonds is 9. The zero-order chi connectivity index (χ0) is 26.4. The molecule has 4 rings (SSSR count). The minimum Gasteiger partial charge on any atom is -0.457 e. The van der Waals surface area contributed by atoms with Crippen molar-refractivity contribution in [2.24, 2.45) is 0 Å². The molecule has 3 amide bonds. The van der Waals surface area contributed by atoms with E-state index in [1.165, 1.54) is 0 Å². The number of carbonyl (C=O) groups excluding carboxylic acids is 3. The van der Waals surface area contributed by atoms with E-state index in [9.17, 15) is 19.5 Å². The van der Waals surface area contributed by atoms with E-state index in [0.717, 1.165) is 24.9 Å². The average molecular weight is 509 g/mol. The van der Waals surface area contributed by atoms with Crippen LogP contribution < -0.4 is 15.4 Å². The maximum absolute atomic E-state index is 13.1. The van der Waals surface area contributed by atoms with E-state index >= 15 is 0 Å². The van der Waals surface area contributed by atoms with Crippen LogP contribution in [-0.2, 0) is 16.1 Å². The molecule has 0 aliphatic carbocycles. The number of likely N-dealkylation sites (tertiary alicyclic amines) is 1. The number of piperazine rings is 1. The summed E-state index contributed by atoms with van der Waals surface area (Å²) in [6, 6.07) is 14.0. The van der Waals surface area contributed by atoms with Crippen LogP contribution in [0.2, 0.25) is 0 Å². The van der Waals surface area contributed by atoms with E-state index in [-0.39, 0.29) is 24.3 Å². The Morgan fingerprint density at radius 3 is 2.27 bits per heavy atom. The van der Waals surface area contributed by atoms with Crippen molar-refractivity contribution in [3.05, 3.63) is 59.7 Å². The highest BCUT2D eigenvalue weighted by Crippen LogP contribution is 2.34. The molecule has 1 spiro atoms. The predicted molar refractivity (Wildman–Crippen MR) is 139 cm³/mol. The Hall–Kier alpha value is -3.43. The summed E-state index contributed by atoms with van der Waals surface area (Å²) in [5.74, 6) is 0.891. The minimum atomic E-state index is -0.845. The van der Waals surface area contributed by atoms with Crippen LogP contribution in [0.25, 0.3) is 0 Å². The predicted octanol–water partition coefficient (Wildman–Crippen LogP) is 2.29. The van der Waals surface area contributed by atoms with E-state index in [4.69, 9.17) is 4.74 Å². The van der Waals surface area contributed by atoms with Crippen molar-refractivity contribution in [3.63, 3.8) is 0 Å². The third-order valence-corrected chi connectivity index (χ3v) is 7.32. The number of aliphatic hydroxyl groups excluding tert-OH is 1. The molecule has 2 aromatic carbocycles. The second-order valence-corrected chi connectivity index (χ2v) is 9.71. The fourth-order valence-electron chi connectivity index (χ4n) is 5.09. The summed E-state index contributed by atoms with van der Waals surface area (Å²) in [5.41, 5.74) is 0.871. The lowest BCUT2D eigenvalue weighted by Crippen LogP contribution is -2.73. The van der Waals surface area contributed by atoms with E-state index in [0.29, 0.717) is 49.5 Å².